The molecule has 0 saturated carbocycles. The number of ketones is 1. The van der Waals surface area contributed by atoms with Crippen molar-refractivity contribution >= 4 is 21.7 Å². The number of rotatable bonds is 0. The fourth-order valence-corrected chi connectivity index (χ4v) is 1.82. The van der Waals surface area contributed by atoms with Crippen molar-refractivity contribution in [2.45, 2.75) is 19.3 Å². The Bertz CT molecular complexity index is 335. The van der Waals surface area contributed by atoms with Crippen LogP contribution in [-0.4, -0.2) is 10.8 Å². The van der Waals surface area contributed by atoms with Gasteiger partial charge in [0.25, 0.3) is 0 Å². The van der Waals surface area contributed by atoms with Crippen molar-refractivity contribution in [1.82, 2.24) is 4.98 Å². The zero-order chi connectivity index (χ0) is 8.55. The number of aromatic nitrogens is 1. The molecule has 0 bridgehead atoms. The Hall–Kier alpha value is -0.700. The molecular weight excluding hydrogens is 218 g/mol. The molecular formula is C9H8BrNO. The Kier molecular flexibility index (Phi) is 1.97. The molecule has 3 heteroatoms. The van der Waals surface area contributed by atoms with Gasteiger partial charge in [0.05, 0.1) is 0 Å². The number of aryl methyl sites for hydroxylation is 1. The molecule has 0 saturated heterocycles. The highest BCUT2D eigenvalue weighted by Crippen LogP contribution is 2.22. The van der Waals surface area contributed by atoms with Gasteiger partial charge in [-0.15, -0.1) is 0 Å². The van der Waals surface area contributed by atoms with Gasteiger partial charge in [-0.1, -0.05) is 0 Å². The number of fused-ring (bicyclic) bond motifs is 1. The van der Waals surface area contributed by atoms with Gasteiger partial charge < -0.3 is 0 Å². The van der Waals surface area contributed by atoms with Gasteiger partial charge in [0, 0.05) is 18.2 Å². The van der Waals surface area contributed by atoms with E-state index in [2.05, 4.69) is 20.9 Å². The molecule has 0 spiro atoms. The Labute approximate surface area is 79.1 Å². The maximum Gasteiger partial charge on any atom is 0.163 e. The van der Waals surface area contributed by atoms with E-state index in [1.54, 1.807) is 6.20 Å². The number of carbonyl (C=O) groups excluding carboxylic acids is 1. The Morgan fingerprint density at radius 2 is 2.25 bits per heavy atom. The molecule has 0 amide bonds. The summed E-state index contributed by atoms with van der Waals surface area (Å²) in [6.45, 7) is 0. The molecule has 0 atom stereocenters. The van der Waals surface area contributed by atoms with E-state index in [-0.39, 0.29) is 5.78 Å². The van der Waals surface area contributed by atoms with Crippen molar-refractivity contribution in [3.8, 4) is 0 Å². The van der Waals surface area contributed by atoms with Crippen molar-refractivity contribution in [2.24, 2.45) is 0 Å². The quantitative estimate of drug-likeness (QED) is 0.635. The Morgan fingerprint density at radius 3 is 3.08 bits per heavy atom. The standard InChI is InChI=1S/C9H8BrNO/c10-9-4-7-6(5-11-9)2-1-3-8(7)12/h4-5H,1-3H2. The smallest absolute Gasteiger partial charge is 0.163 e. The van der Waals surface area contributed by atoms with Crippen molar-refractivity contribution in [3.05, 3.63) is 28.0 Å². The SMILES string of the molecule is O=C1CCCc2cnc(Br)cc21. The van der Waals surface area contributed by atoms with Gasteiger partial charge >= 0.3 is 0 Å². The van der Waals surface area contributed by atoms with Gasteiger partial charge in [-0.3, -0.25) is 4.79 Å². The molecule has 2 rings (SSSR count). The van der Waals surface area contributed by atoms with E-state index in [1.807, 2.05) is 6.07 Å². The van der Waals surface area contributed by atoms with Crippen molar-refractivity contribution in [2.75, 3.05) is 0 Å². The highest BCUT2D eigenvalue weighted by Gasteiger charge is 2.17. The number of hydrogen-bond acceptors (Lipinski definition) is 2. The van der Waals surface area contributed by atoms with E-state index < -0.39 is 0 Å². The van der Waals surface area contributed by atoms with Crippen molar-refractivity contribution in [3.63, 3.8) is 0 Å². The highest BCUT2D eigenvalue weighted by atomic mass is 79.9. The lowest BCUT2D eigenvalue weighted by molar-refractivity contribution is 0.0972. The summed E-state index contributed by atoms with van der Waals surface area (Å²) in [4.78, 5) is 15.5. The molecule has 0 aromatic carbocycles. The summed E-state index contributed by atoms with van der Waals surface area (Å²) in [5.74, 6) is 0.249. The van der Waals surface area contributed by atoms with Gasteiger partial charge in [-0.2, -0.15) is 0 Å². The molecule has 1 aliphatic rings. The number of pyridine rings is 1. The lowest BCUT2D eigenvalue weighted by Gasteiger charge is -2.13. The summed E-state index contributed by atoms with van der Waals surface area (Å²) in [5, 5.41) is 0. The molecule has 0 N–H and O–H groups in total. The minimum absolute atomic E-state index is 0.249. The Balaban J connectivity index is 2.54. The summed E-state index contributed by atoms with van der Waals surface area (Å²) < 4.78 is 0.747. The number of Topliss-reactive ketones (excluding diaryl/α,β-unsaturated/α-hetero) is 1. The Morgan fingerprint density at radius 1 is 1.42 bits per heavy atom. The van der Waals surface area contributed by atoms with E-state index in [0.29, 0.717) is 6.42 Å². The summed E-state index contributed by atoms with van der Waals surface area (Å²) in [6.07, 6.45) is 4.43. The second kappa shape index (κ2) is 2.98. The lowest BCUT2D eigenvalue weighted by atomic mass is 9.93. The molecule has 1 aromatic heterocycles. The van der Waals surface area contributed by atoms with Crippen LogP contribution in [0.4, 0.5) is 0 Å². The molecule has 0 radical (unpaired) electrons. The third-order valence-electron chi connectivity index (χ3n) is 2.10. The van der Waals surface area contributed by atoms with Gasteiger partial charge in [0.15, 0.2) is 5.78 Å². The first-order chi connectivity index (χ1) is 5.77. The van der Waals surface area contributed by atoms with E-state index in [9.17, 15) is 4.79 Å². The number of hydrogen-bond donors (Lipinski definition) is 0. The third-order valence-corrected chi connectivity index (χ3v) is 2.54. The van der Waals surface area contributed by atoms with Crippen LogP contribution in [0.3, 0.4) is 0 Å². The maximum atomic E-state index is 11.4. The normalized spacial score (nSPS) is 15.9. The van der Waals surface area contributed by atoms with E-state index in [0.717, 1.165) is 28.6 Å². The highest BCUT2D eigenvalue weighted by molar-refractivity contribution is 9.10. The molecule has 1 heterocycles. The van der Waals surface area contributed by atoms with Gasteiger partial charge in [-0.25, -0.2) is 4.98 Å². The molecule has 12 heavy (non-hydrogen) atoms. The van der Waals surface area contributed by atoms with Crippen LogP contribution < -0.4 is 0 Å². The molecule has 2 nitrogen and oxygen atoms in total. The summed E-state index contributed by atoms with van der Waals surface area (Å²) in [6, 6.07) is 1.82. The first kappa shape index (κ1) is 7.92. The number of carbonyl (C=O) groups is 1. The average molecular weight is 226 g/mol. The van der Waals surface area contributed by atoms with Crippen LogP contribution in [0.25, 0.3) is 0 Å². The first-order valence-corrected chi connectivity index (χ1v) is 4.74. The number of halogens is 1. The minimum atomic E-state index is 0.249. The van der Waals surface area contributed by atoms with Crippen LogP contribution >= 0.6 is 15.9 Å². The summed E-state index contributed by atoms with van der Waals surface area (Å²) >= 11 is 3.25. The van der Waals surface area contributed by atoms with Crippen LogP contribution in [0.1, 0.15) is 28.8 Å². The van der Waals surface area contributed by atoms with Gasteiger partial charge in [0.2, 0.25) is 0 Å². The second-order valence-electron chi connectivity index (χ2n) is 2.94. The fraction of sp³-hybridized carbons (Fsp3) is 0.333. The van der Waals surface area contributed by atoms with Crippen LogP contribution in [-0.2, 0) is 6.42 Å². The van der Waals surface area contributed by atoms with Crippen LogP contribution in [0.2, 0.25) is 0 Å². The number of nitrogens with zero attached hydrogens (tertiary/aromatic N) is 1. The zero-order valence-electron chi connectivity index (χ0n) is 6.51. The first-order valence-electron chi connectivity index (χ1n) is 3.95. The summed E-state index contributed by atoms with van der Waals surface area (Å²) in [5.41, 5.74) is 1.94. The third kappa shape index (κ3) is 1.29. The van der Waals surface area contributed by atoms with Crippen LogP contribution in [0, 0.1) is 0 Å². The predicted molar refractivity (Wildman–Crippen MR) is 49.2 cm³/mol. The maximum absolute atomic E-state index is 11.4. The monoisotopic (exact) mass is 225 g/mol. The van der Waals surface area contributed by atoms with E-state index >= 15 is 0 Å². The van der Waals surface area contributed by atoms with E-state index in [4.69, 9.17) is 0 Å². The topological polar surface area (TPSA) is 30.0 Å². The minimum Gasteiger partial charge on any atom is -0.294 e. The van der Waals surface area contributed by atoms with Crippen LogP contribution in [0.5, 0.6) is 0 Å². The molecule has 0 aliphatic heterocycles. The van der Waals surface area contributed by atoms with Crippen molar-refractivity contribution < 1.29 is 4.79 Å². The van der Waals surface area contributed by atoms with Gasteiger partial charge in [0.1, 0.15) is 4.60 Å². The largest absolute Gasteiger partial charge is 0.294 e. The molecule has 62 valence electrons. The van der Waals surface area contributed by atoms with Crippen molar-refractivity contribution in [1.29, 1.82) is 0 Å². The molecule has 0 unspecified atom stereocenters. The average Bonchev–Trinajstić information content (AvgIpc) is 2.07. The predicted octanol–water partition coefficient (Wildman–Crippen LogP) is 2.36. The van der Waals surface area contributed by atoms with E-state index in [1.165, 1.54) is 0 Å². The fourth-order valence-electron chi connectivity index (χ4n) is 1.49. The summed E-state index contributed by atoms with van der Waals surface area (Å²) in [7, 11) is 0. The van der Waals surface area contributed by atoms with Gasteiger partial charge in [-0.05, 0) is 40.4 Å². The molecule has 1 aliphatic carbocycles. The van der Waals surface area contributed by atoms with Crippen LogP contribution in [0.15, 0.2) is 16.9 Å². The zero-order valence-corrected chi connectivity index (χ0v) is 8.10. The molecule has 0 fully saturated rings. The second-order valence-corrected chi connectivity index (χ2v) is 3.75. The lowest BCUT2D eigenvalue weighted by Crippen LogP contribution is -2.10. The molecule has 1 aromatic rings.